The summed E-state index contributed by atoms with van der Waals surface area (Å²) in [6, 6.07) is 0.626. The summed E-state index contributed by atoms with van der Waals surface area (Å²) >= 11 is 6.51. The van der Waals surface area contributed by atoms with E-state index in [1.54, 1.807) is 6.20 Å². The Labute approximate surface area is 185 Å². The summed E-state index contributed by atoms with van der Waals surface area (Å²) in [7, 11) is 2.01. The summed E-state index contributed by atoms with van der Waals surface area (Å²) < 4.78 is 1.98. The molecule has 0 bridgehead atoms. The van der Waals surface area contributed by atoms with Crippen LogP contribution in [-0.4, -0.2) is 32.3 Å². The third kappa shape index (κ3) is 5.42. The highest BCUT2D eigenvalue weighted by Crippen LogP contribution is 2.37. The molecule has 2 aliphatic rings. The van der Waals surface area contributed by atoms with Crippen LogP contribution in [0, 0.1) is 24.2 Å². The Bertz CT molecular complexity index is 887. The molecule has 2 heterocycles. The topological polar surface area (TPSA) is 55.6 Å². The van der Waals surface area contributed by atoms with Crippen LogP contribution in [0.15, 0.2) is 12.4 Å². The normalized spacial score (nSPS) is 21.5. The molecular weight excluding hydrogens is 394 g/mol. The van der Waals surface area contributed by atoms with Crippen molar-refractivity contribution in [2.45, 2.75) is 70.3 Å². The lowest BCUT2D eigenvalue weighted by Gasteiger charge is -2.29. The Morgan fingerprint density at radius 1 is 1.13 bits per heavy atom. The molecule has 2 saturated carbocycles. The molecule has 0 radical (unpaired) electrons. The zero-order chi connectivity index (χ0) is 20.9. The van der Waals surface area contributed by atoms with Gasteiger partial charge in [0.25, 0.3) is 0 Å². The van der Waals surface area contributed by atoms with Crippen molar-refractivity contribution in [2.75, 3.05) is 6.54 Å². The highest BCUT2D eigenvalue weighted by Gasteiger charge is 2.27. The average molecular weight is 426 g/mol. The van der Waals surface area contributed by atoms with Crippen LogP contribution in [0.25, 0.3) is 11.3 Å². The molecule has 0 aliphatic heterocycles. The van der Waals surface area contributed by atoms with Gasteiger partial charge >= 0.3 is 0 Å². The number of hydrogen-bond acceptors (Lipinski definition) is 4. The van der Waals surface area contributed by atoms with E-state index >= 15 is 0 Å². The van der Waals surface area contributed by atoms with Crippen LogP contribution in [-0.2, 0) is 19.9 Å². The van der Waals surface area contributed by atoms with Crippen molar-refractivity contribution in [1.29, 1.82) is 0 Å². The Hall–Kier alpha value is -1.90. The molecule has 160 valence electrons. The van der Waals surface area contributed by atoms with E-state index in [4.69, 9.17) is 23.0 Å². The van der Waals surface area contributed by atoms with Gasteiger partial charge in [-0.1, -0.05) is 11.6 Å². The molecule has 30 heavy (non-hydrogen) atoms. The molecule has 0 spiro atoms. The van der Waals surface area contributed by atoms with E-state index in [1.807, 2.05) is 17.9 Å². The fourth-order valence-electron chi connectivity index (χ4n) is 4.51. The largest absolute Gasteiger partial charge is 0.314 e. The van der Waals surface area contributed by atoms with Gasteiger partial charge in [0.2, 0.25) is 0 Å². The minimum absolute atomic E-state index is 0.615. The van der Waals surface area contributed by atoms with Crippen molar-refractivity contribution in [1.82, 2.24) is 25.1 Å². The third-order valence-electron chi connectivity index (χ3n) is 6.54. The van der Waals surface area contributed by atoms with E-state index in [1.165, 1.54) is 44.2 Å². The van der Waals surface area contributed by atoms with Crippen LogP contribution in [0.3, 0.4) is 0 Å². The molecular formula is C24H32ClN5. The Morgan fingerprint density at radius 2 is 1.87 bits per heavy atom. The molecule has 1 N–H and O–H groups in total. The van der Waals surface area contributed by atoms with Gasteiger partial charge < -0.3 is 5.32 Å². The van der Waals surface area contributed by atoms with Crippen molar-refractivity contribution in [2.24, 2.45) is 18.9 Å². The standard InChI is InChI=1S/C24H32ClN5/c1-3-4-5-12-26-19-10-8-18(9-11-19)14-23-27-16-21(25)24(29-23)20-15-28-30(2)22(20)13-17-6-7-17/h1,15-19,26H,4-14H2,2H3. The van der Waals surface area contributed by atoms with Crippen molar-refractivity contribution >= 4 is 11.6 Å². The summed E-state index contributed by atoms with van der Waals surface area (Å²) in [6.07, 6.45) is 20.4. The van der Waals surface area contributed by atoms with E-state index in [-0.39, 0.29) is 0 Å². The predicted molar refractivity (Wildman–Crippen MR) is 121 cm³/mol. The molecule has 0 aromatic carbocycles. The zero-order valence-electron chi connectivity index (χ0n) is 17.9. The first-order chi connectivity index (χ1) is 14.6. The highest BCUT2D eigenvalue weighted by molar-refractivity contribution is 6.32. The van der Waals surface area contributed by atoms with Gasteiger partial charge in [0, 0.05) is 43.4 Å². The first kappa shape index (κ1) is 21.3. The average Bonchev–Trinajstić information content (AvgIpc) is 3.50. The second kappa shape index (κ2) is 9.94. The summed E-state index contributed by atoms with van der Waals surface area (Å²) in [5.74, 6) is 5.04. The maximum absolute atomic E-state index is 6.51. The number of halogens is 1. The fourth-order valence-corrected chi connectivity index (χ4v) is 4.71. The predicted octanol–water partition coefficient (Wildman–Crippen LogP) is 4.59. The van der Waals surface area contributed by atoms with Gasteiger partial charge in [-0.2, -0.15) is 5.10 Å². The van der Waals surface area contributed by atoms with Gasteiger partial charge in [-0.25, -0.2) is 9.97 Å². The molecule has 2 aromatic heterocycles. The minimum atomic E-state index is 0.615. The summed E-state index contributed by atoms with van der Waals surface area (Å²) in [6.45, 7) is 1.03. The van der Waals surface area contributed by atoms with Gasteiger partial charge in [-0.05, 0) is 69.7 Å². The van der Waals surface area contributed by atoms with Crippen LogP contribution in [0.2, 0.25) is 5.02 Å². The second-order valence-corrected chi connectivity index (χ2v) is 9.35. The first-order valence-electron chi connectivity index (χ1n) is 11.3. The molecule has 0 saturated heterocycles. The lowest BCUT2D eigenvalue weighted by Crippen LogP contribution is -2.34. The van der Waals surface area contributed by atoms with Crippen molar-refractivity contribution in [3.63, 3.8) is 0 Å². The van der Waals surface area contributed by atoms with E-state index in [0.717, 1.165) is 55.2 Å². The highest BCUT2D eigenvalue weighted by atomic mass is 35.5. The van der Waals surface area contributed by atoms with Crippen LogP contribution in [0.1, 0.15) is 62.9 Å². The van der Waals surface area contributed by atoms with Crippen LogP contribution in [0.4, 0.5) is 0 Å². The maximum Gasteiger partial charge on any atom is 0.129 e. The number of unbranched alkanes of at least 4 members (excludes halogenated alkanes) is 1. The van der Waals surface area contributed by atoms with Gasteiger partial charge in [0.15, 0.2) is 0 Å². The molecule has 6 heteroatoms. The zero-order valence-corrected chi connectivity index (χ0v) is 18.7. The molecule has 0 amide bonds. The number of nitrogens with zero attached hydrogens (tertiary/aromatic N) is 4. The van der Waals surface area contributed by atoms with Crippen molar-refractivity contribution in [3.8, 4) is 23.6 Å². The lowest BCUT2D eigenvalue weighted by molar-refractivity contribution is 0.287. The second-order valence-electron chi connectivity index (χ2n) is 8.94. The van der Waals surface area contributed by atoms with Gasteiger partial charge in [-0.3, -0.25) is 4.68 Å². The van der Waals surface area contributed by atoms with Crippen LogP contribution < -0.4 is 5.32 Å². The number of terminal acetylenes is 1. The maximum atomic E-state index is 6.51. The molecule has 5 nitrogen and oxygen atoms in total. The number of aromatic nitrogens is 4. The third-order valence-corrected chi connectivity index (χ3v) is 6.82. The van der Waals surface area contributed by atoms with E-state index in [2.05, 4.69) is 21.3 Å². The van der Waals surface area contributed by atoms with Gasteiger partial charge in [0.1, 0.15) is 5.82 Å². The van der Waals surface area contributed by atoms with Crippen molar-refractivity contribution < 1.29 is 0 Å². The molecule has 2 aliphatic carbocycles. The van der Waals surface area contributed by atoms with Gasteiger partial charge in [0.05, 0.1) is 16.9 Å². The van der Waals surface area contributed by atoms with Crippen LogP contribution in [0.5, 0.6) is 0 Å². The quantitative estimate of drug-likeness (QED) is 0.471. The summed E-state index contributed by atoms with van der Waals surface area (Å²) in [4.78, 5) is 9.45. The molecule has 2 fully saturated rings. The summed E-state index contributed by atoms with van der Waals surface area (Å²) in [5, 5.41) is 8.75. The smallest absolute Gasteiger partial charge is 0.129 e. The minimum Gasteiger partial charge on any atom is -0.314 e. The van der Waals surface area contributed by atoms with E-state index < -0.39 is 0 Å². The van der Waals surface area contributed by atoms with Crippen molar-refractivity contribution in [3.05, 3.63) is 28.9 Å². The Balaban J connectivity index is 1.37. The van der Waals surface area contributed by atoms with E-state index in [9.17, 15) is 0 Å². The molecule has 0 unspecified atom stereocenters. The van der Waals surface area contributed by atoms with E-state index in [0.29, 0.717) is 17.0 Å². The van der Waals surface area contributed by atoms with Crippen LogP contribution >= 0.6 is 11.6 Å². The Kier molecular flexibility index (Phi) is 7.07. The number of rotatable bonds is 9. The SMILES string of the molecule is C#CCCCNC1CCC(Cc2ncc(Cl)c(-c3cnn(C)c3CC3CC3)n2)CC1. The number of aryl methyl sites for hydroxylation is 1. The monoisotopic (exact) mass is 425 g/mol. The molecule has 2 aromatic rings. The molecule has 0 atom stereocenters. The summed E-state index contributed by atoms with van der Waals surface area (Å²) in [5.41, 5.74) is 3.15. The van der Waals surface area contributed by atoms with Gasteiger partial charge in [-0.15, -0.1) is 12.3 Å². The fraction of sp³-hybridized carbons (Fsp3) is 0.625. The lowest BCUT2D eigenvalue weighted by atomic mass is 9.84. The number of nitrogens with one attached hydrogen (secondary N) is 1. The number of hydrogen-bond donors (Lipinski definition) is 1. The molecule has 4 rings (SSSR count). The first-order valence-corrected chi connectivity index (χ1v) is 11.7. The Morgan fingerprint density at radius 3 is 2.60 bits per heavy atom.